The van der Waals surface area contributed by atoms with Gasteiger partial charge in [-0.15, -0.1) is 0 Å². The number of hydrogen-bond acceptors (Lipinski definition) is 6. The van der Waals surface area contributed by atoms with Gasteiger partial charge in [-0.2, -0.15) is 0 Å². The number of likely N-dealkylation sites (tertiary alicyclic amines) is 2. The van der Waals surface area contributed by atoms with E-state index in [4.69, 9.17) is 0 Å². The lowest BCUT2D eigenvalue weighted by Crippen LogP contribution is -2.57. The van der Waals surface area contributed by atoms with Crippen molar-refractivity contribution in [2.75, 3.05) is 38.1 Å². The van der Waals surface area contributed by atoms with E-state index in [1.54, 1.807) is 0 Å². The molecule has 4 fully saturated rings. The lowest BCUT2D eigenvalue weighted by atomic mass is 9.86. The van der Waals surface area contributed by atoms with E-state index < -0.39 is 5.54 Å². The smallest absolute Gasteiger partial charge is 0.244 e. The van der Waals surface area contributed by atoms with E-state index >= 15 is 0 Å². The molecule has 1 spiro atoms. The van der Waals surface area contributed by atoms with Crippen LogP contribution in [0.15, 0.2) is 36.4 Å². The third kappa shape index (κ3) is 4.87. The first kappa shape index (κ1) is 26.7. The lowest BCUT2D eigenvalue weighted by Gasteiger charge is -2.43. The topological polar surface area (TPSA) is 97.0 Å². The summed E-state index contributed by atoms with van der Waals surface area (Å²) in [7, 11) is 0. The van der Waals surface area contributed by atoms with E-state index in [1.807, 2.05) is 23.6 Å². The van der Waals surface area contributed by atoms with Crippen LogP contribution in [0.5, 0.6) is 0 Å². The number of allylic oxidation sites excluding steroid dienone is 3. The Bertz CT molecular complexity index is 1300. The molecule has 3 amide bonds. The standard InChI is InChI=1S/C32H42N6O3/c1-20(2)29(39)36-13-11-32(12-14-36)31(41)38(19-21-17-37(18-21)30(40)24-7-8-24)28(34-32)23-5-3-22(4-6-23)25-9-10-27-26(15-25)16-33-35-27/h3-5,9-10,15,20-21,23-24,28,33-35H,6-8,11-14,16-19H2,1-2H3. The van der Waals surface area contributed by atoms with E-state index in [0.29, 0.717) is 44.3 Å². The molecule has 4 aliphatic heterocycles. The van der Waals surface area contributed by atoms with E-state index in [2.05, 4.69) is 57.5 Å². The summed E-state index contributed by atoms with van der Waals surface area (Å²) >= 11 is 0. The molecule has 4 heterocycles. The van der Waals surface area contributed by atoms with Gasteiger partial charge in [-0.3, -0.25) is 19.7 Å². The van der Waals surface area contributed by atoms with Crippen LogP contribution in [-0.4, -0.2) is 76.8 Å². The highest BCUT2D eigenvalue weighted by Gasteiger charge is 2.55. The highest BCUT2D eigenvalue weighted by atomic mass is 16.2. The molecule has 41 heavy (non-hydrogen) atoms. The van der Waals surface area contributed by atoms with Crippen LogP contribution >= 0.6 is 0 Å². The molecule has 0 bridgehead atoms. The maximum absolute atomic E-state index is 14.2. The Balaban J connectivity index is 1.07. The second kappa shape index (κ2) is 10.3. The fraction of sp³-hybridized carbons (Fsp3) is 0.594. The van der Waals surface area contributed by atoms with Crippen LogP contribution in [0.4, 0.5) is 5.69 Å². The van der Waals surface area contributed by atoms with Crippen molar-refractivity contribution in [2.45, 2.75) is 64.2 Å². The molecule has 218 valence electrons. The number of nitrogens with zero attached hydrogens (tertiary/aromatic N) is 3. The van der Waals surface area contributed by atoms with Crippen molar-refractivity contribution in [1.29, 1.82) is 0 Å². The Labute approximate surface area is 242 Å². The minimum absolute atomic E-state index is 0.0352. The van der Waals surface area contributed by atoms with Gasteiger partial charge in [0.1, 0.15) is 5.54 Å². The second-order valence-electron chi connectivity index (χ2n) is 13.3. The Morgan fingerprint density at radius 1 is 1.10 bits per heavy atom. The number of hydrazine groups is 1. The monoisotopic (exact) mass is 558 g/mol. The fourth-order valence-corrected chi connectivity index (χ4v) is 7.28. The van der Waals surface area contributed by atoms with Crippen molar-refractivity contribution in [3.05, 3.63) is 47.6 Å². The first-order valence-electron chi connectivity index (χ1n) is 15.5. The molecular weight excluding hydrogens is 516 g/mol. The van der Waals surface area contributed by atoms with Gasteiger partial charge in [0, 0.05) is 62.9 Å². The molecule has 9 heteroatoms. The molecular formula is C32H42N6O3. The molecule has 1 aromatic rings. The molecule has 0 radical (unpaired) electrons. The molecule has 1 aromatic carbocycles. The van der Waals surface area contributed by atoms with Gasteiger partial charge in [0.15, 0.2) is 0 Å². The SMILES string of the molecule is CC(C)C(=O)N1CCC2(CC1)NC(C1C=CC(c3ccc4c(c3)CNN4)=CC1)N(CC1CN(C(=O)C3CC3)C1)C2=O. The first-order valence-corrected chi connectivity index (χ1v) is 15.5. The zero-order valence-electron chi connectivity index (χ0n) is 24.2. The van der Waals surface area contributed by atoms with Crippen LogP contribution in [0.1, 0.15) is 57.1 Å². The summed E-state index contributed by atoms with van der Waals surface area (Å²) in [5.41, 5.74) is 10.6. The number of carbonyl (C=O) groups is 3. The molecule has 6 aliphatic rings. The quantitative estimate of drug-likeness (QED) is 0.497. The number of fused-ring (bicyclic) bond motifs is 1. The van der Waals surface area contributed by atoms with Crippen molar-refractivity contribution in [1.82, 2.24) is 25.4 Å². The Hall–Kier alpha value is -3.17. The molecule has 9 nitrogen and oxygen atoms in total. The second-order valence-corrected chi connectivity index (χ2v) is 13.3. The van der Waals surface area contributed by atoms with Crippen LogP contribution in [0.3, 0.4) is 0 Å². The predicted molar refractivity (Wildman–Crippen MR) is 157 cm³/mol. The molecule has 2 atom stereocenters. The van der Waals surface area contributed by atoms with Gasteiger partial charge in [0.2, 0.25) is 17.7 Å². The summed E-state index contributed by atoms with van der Waals surface area (Å²) in [5.74, 6) is 1.33. The van der Waals surface area contributed by atoms with Gasteiger partial charge in [0.05, 0.1) is 11.9 Å². The highest BCUT2D eigenvalue weighted by molar-refractivity contribution is 5.90. The van der Waals surface area contributed by atoms with Crippen molar-refractivity contribution >= 4 is 29.0 Å². The number of hydrogen-bond donors (Lipinski definition) is 3. The average molecular weight is 559 g/mol. The normalized spacial score (nSPS) is 27.2. The summed E-state index contributed by atoms with van der Waals surface area (Å²) in [4.78, 5) is 45.3. The van der Waals surface area contributed by atoms with Gasteiger partial charge >= 0.3 is 0 Å². The van der Waals surface area contributed by atoms with Gasteiger partial charge in [-0.25, -0.2) is 5.43 Å². The third-order valence-electron chi connectivity index (χ3n) is 9.98. The Morgan fingerprint density at radius 3 is 2.56 bits per heavy atom. The van der Waals surface area contributed by atoms with Crippen molar-refractivity contribution in [3.63, 3.8) is 0 Å². The number of rotatable bonds is 6. The number of amides is 3. The van der Waals surface area contributed by atoms with E-state index in [-0.39, 0.29) is 35.7 Å². The van der Waals surface area contributed by atoms with E-state index in [9.17, 15) is 14.4 Å². The largest absolute Gasteiger partial charge is 0.342 e. The predicted octanol–water partition coefficient (Wildman–Crippen LogP) is 2.72. The van der Waals surface area contributed by atoms with Crippen LogP contribution in [-0.2, 0) is 20.9 Å². The van der Waals surface area contributed by atoms with E-state index in [0.717, 1.165) is 44.6 Å². The van der Waals surface area contributed by atoms with Gasteiger partial charge in [-0.1, -0.05) is 38.1 Å². The Kier molecular flexibility index (Phi) is 6.70. The maximum Gasteiger partial charge on any atom is 0.244 e. The summed E-state index contributed by atoms with van der Waals surface area (Å²) in [6, 6.07) is 6.53. The number of carbonyl (C=O) groups excluding carboxylic acids is 3. The first-order chi connectivity index (χ1) is 19.8. The highest BCUT2D eigenvalue weighted by Crippen LogP contribution is 2.39. The maximum atomic E-state index is 14.2. The molecule has 3 N–H and O–H groups in total. The molecule has 3 saturated heterocycles. The summed E-state index contributed by atoms with van der Waals surface area (Å²) in [6.45, 7) is 8.09. The van der Waals surface area contributed by atoms with Crippen molar-refractivity contribution in [3.8, 4) is 0 Å². The zero-order chi connectivity index (χ0) is 28.3. The minimum atomic E-state index is -0.622. The summed E-state index contributed by atoms with van der Waals surface area (Å²) in [6.07, 6.45) is 10.9. The molecule has 0 aromatic heterocycles. The Morgan fingerprint density at radius 2 is 1.88 bits per heavy atom. The minimum Gasteiger partial charge on any atom is -0.342 e. The average Bonchev–Trinajstić information content (AvgIpc) is 3.66. The van der Waals surface area contributed by atoms with Crippen molar-refractivity contribution < 1.29 is 14.4 Å². The molecule has 7 rings (SSSR count). The fourth-order valence-electron chi connectivity index (χ4n) is 7.28. The summed E-state index contributed by atoms with van der Waals surface area (Å²) < 4.78 is 0. The number of benzene rings is 1. The zero-order valence-corrected chi connectivity index (χ0v) is 24.2. The van der Waals surface area contributed by atoms with Crippen LogP contribution in [0.2, 0.25) is 0 Å². The van der Waals surface area contributed by atoms with Crippen LogP contribution < -0.4 is 16.2 Å². The third-order valence-corrected chi connectivity index (χ3v) is 9.98. The van der Waals surface area contributed by atoms with E-state index in [1.165, 1.54) is 16.7 Å². The molecule has 2 aliphatic carbocycles. The van der Waals surface area contributed by atoms with Gasteiger partial charge < -0.3 is 20.1 Å². The van der Waals surface area contributed by atoms with Crippen LogP contribution in [0, 0.1) is 23.7 Å². The summed E-state index contributed by atoms with van der Waals surface area (Å²) in [5, 5.41) is 3.83. The van der Waals surface area contributed by atoms with Crippen molar-refractivity contribution in [2.24, 2.45) is 23.7 Å². The van der Waals surface area contributed by atoms with Crippen LogP contribution in [0.25, 0.3) is 5.57 Å². The number of piperidine rings is 1. The molecule has 1 saturated carbocycles. The number of anilines is 1. The van der Waals surface area contributed by atoms with Gasteiger partial charge in [-0.05, 0) is 60.9 Å². The molecule has 2 unspecified atom stereocenters. The van der Waals surface area contributed by atoms with Gasteiger partial charge in [0.25, 0.3) is 0 Å². The lowest BCUT2D eigenvalue weighted by molar-refractivity contribution is -0.143. The number of nitrogens with one attached hydrogen (secondary N) is 3.